The molecule has 2 aromatic carbocycles. The lowest BCUT2D eigenvalue weighted by molar-refractivity contribution is -0.142. The van der Waals surface area contributed by atoms with Crippen molar-refractivity contribution in [2.75, 3.05) is 26.0 Å². The molecule has 2 rings (SSSR count). The van der Waals surface area contributed by atoms with Crippen molar-refractivity contribution in [3.05, 3.63) is 71.8 Å². The van der Waals surface area contributed by atoms with E-state index in [9.17, 15) is 14.4 Å². The Morgan fingerprint density at radius 1 is 0.943 bits per heavy atom. The van der Waals surface area contributed by atoms with E-state index in [1.165, 1.54) is 12.7 Å². The van der Waals surface area contributed by atoms with E-state index in [2.05, 4.69) is 17.4 Å². The van der Waals surface area contributed by atoms with Gasteiger partial charge in [-0.1, -0.05) is 60.7 Å². The molecule has 35 heavy (non-hydrogen) atoms. The molecule has 0 aliphatic heterocycles. The van der Waals surface area contributed by atoms with Gasteiger partial charge in [-0.2, -0.15) is 11.8 Å². The van der Waals surface area contributed by atoms with Crippen LogP contribution in [-0.2, 0) is 31.2 Å². The van der Waals surface area contributed by atoms with E-state index in [0.29, 0.717) is 18.7 Å². The van der Waals surface area contributed by atoms with Crippen molar-refractivity contribution in [2.45, 2.75) is 51.0 Å². The van der Waals surface area contributed by atoms with Crippen LogP contribution in [0.5, 0.6) is 0 Å². The van der Waals surface area contributed by atoms with Crippen LogP contribution >= 0.6 is 11.8 Å². The minimum atomic E-state index is -0.830. The van der Waals surface area contributed by atoms with Gasteiger partial charge < -0.3 is 19.7 Å². The maximum Gasteiger partial charge on any atom is 0.408 e. The zero-order valence-electron chi connectivity index (χ0n) is 21.0. The van der Waals surface area contributed by atoms with Gasteiger partial charge in [0.25, 0.3) is 0 Å². The number of thioether (sulfide) groups is 1. The Morgan fingerprint density at radius 3 is 2.11 bits per heavy atom. The fraction of sp³-hybridized carbons (Fsp3) is 0.444. The molecule has 2 amide bonds. The molecule has 0 radical (unpaired) electrons. The normalized spacial score (nSPS) is 11.9. The molecule has 0 spiro atoms. The van der Waals surface area contributed by atoms with E-state index in [1.54, 1.807) is 37.4 Å². The van der Waals surface area contributed by atoms with Gasteiger partial charge in [0.15, 0.2) is 0 Å². The fourth-order valence-corrected chi connectivity index (χ4v) is 4.24. The highest BCUT2D eigenvalue weighted by molar-refractivity contribution is 7.98. The van der Waals surface area contributed by atoms with Crippen LogP contribution in [0.1, 0.15) is 38.3 Å². The second kappa shape index (κ2) is 14.4. The first-order chi connectivity index (χ1) is 16.7. The molecule has 190 valence electrons. The minimum absolute atomic E-state index is 0.0795. The van der Waals surface area contributed by atoms with E-state index in [4.69, 9.17) is 9.47 Å². The van der Waals surface area contributed by atoms with Crippen molar-refractivity contribution in [3.63, 3.8) is 0 Å². The summed E-state index contributed by atoms with van der Waals surface area (Å²) >= 11 is 1.71. The molecule has 0 fully saturated rings. The number of benzene rings is 2. The first-order valence-corrected chi connectivity index (χ1v) is 12.8. The van der Waals surface area contributed by atoms with E-state index in [0.717, 1.165) is 11.3 Å². The standard InChI is InChI=1S/C27H36N2O5S/c1-27(2,3)34-26(32)28-23(19-21-11-7-5-8-12-21)25(31)29(16-15-24(30)33-4)17-18-35-20-22-13-9-6-10-14-22/h5-14,23H,15-20H2,1-4H3,(H,28,32)/t23-/m0/s1. The van der Waals surface area contributed by atoms with Crippen LogP contribution in [-0.4, -0.2) is 60.5 Å². The van der Waals surface area contributed by atoms with E-state index in [1.807, 2.05) is 48.5 Å². The second-order valence-electron chi connectivity index (χ2n) is 9.08. The number of carbonyl (C=O) groups is 3. The number of alkyl carbamates (subject to hydrolysis) is 1. The molecule has 0 aromatic heterocycles. The number of ether oxygens (including phenoxy) is 2. The third-order valence-electron chi connectivity index (χ3n) is 5.01. The van der Waals surface area contributed by atoms with Gasteiger partial charge in [0, 0.05) is 31.0 Å². The summed E-state index contributed by atoms with van der Waals surface area (Å²) in [7, 11) is 1.33. The number of carbonyl (C=O) groups excluding carboxylic acids is 3. The topological polar surface area (TPSA) is 84.9 Å². The molecule has 0 saturated heterocycles. The second-order valence-corrected chi connectivity index (χ2v) is 10.2. The van der Waals surface area contributed by atoms with Crippen LogP contribution < -0.4 is 5.32 Å². The summed E-state index contributed by atoms with van der Waals surface area (Å²) in [6, 6.07) is 18.8. The molecular weight excluding hydrogens is 464 g/mol. The largest absolute Gasteiger partial charge is 0.469 e. The average molecular weight is 501 g/mol. The number of nitrogens with one attached hydrogen (secondary N) is 1. The van der Waals surface area contributed by atoms with Crippen LogP contribution in [0.4, 0.5) is 4.79 Å². The molecular formula is C27H36N2O5S. The van der Waals surface area contributed by atoms with Gasteiger partial charge >= 0.3 is 12.1 Å². The van der Waals surface area contributed by atoms with Gasteiger partial charge in [-0.25, -0.2) is 4.79 Å². The Hall–Kier alpha value is -3.00. The number of amides is 2. The molecule has 1 N–H and O–H groups in total. The van der Waals surface area contributed by atoms with Crippen molar-refractivity contribution in [1.29, 1.82) is 0 Å². The van der Waals surface area contributed by atoms with Gasteiger partial charge in [0.05, 0.1) is 13.5 Å². The van der Waals surface area contributed by atoms with Crippen molar-refractivity contribution < 1.29 is 23.9 Å². The number of esters is 1. The minimum Gasteiger partial charge on any atom is -0.469 e. The predicted molar refractivity (Wildman–Crippen MR) is 139 cm³/mol. The first-order valence-electron chi connectivity index (χ1n) is 11.7. The lowest BCUT2D eigenvalue weighted by atomic mass is 10.0. The fourth-order valence-electron chi connectivity index (χ4n) is 3.32. The summed E-state index contributed by atoms with van der Waals surface area (Å²) in [6.07, 6.45) is -0.265. The molecule has 0 unspecified atom stereocenters. The lowest BCUT2D eigenvalue weighted by Gasteiger charge is -2.29. The molecule has 0 aliphatic carbocycles. The van der Waals surface area contributed by atoms with Crippen LogP contribution in [0.2, 0.25) is 0 Å². The van der Waals surface area contributed by atoms with Crippen LogP contribution in [0.25, 0.3) is 0 Å². The molecule has 2 aromatic rings. The number of methoxy groups -OCH3 is 1. The van der Waals surface area contributed by atoms with Gasteiger partial charge in [-0.3, -0.25) is 9.59 Å². The zero-order valence-corrected chi connectivity index (χ0v) is 21.8. The average Bonchev–Trinajstić information content (AvgIpc) is 2.82. The quantitative estimate of drug-likeness (QED) is 0.342. The molecule has 0 saturated carbocycles. The third-order valence-corrected chi connectivity index (χ3v) is 6.02. The molecule has 0 heterocycles. The number of rotatable bonds is 12. The van der Waals surface area contributed by atoms with E-state index >= 15 is 0 Å². The number of nitrogens with zero attached hydrogens (tertiary/aromatic N) is 1. The monoisotopic (exact) mass is 500 g/mol. The maximum absolute atomic E-state index is 13.6. The zero-order chi connectivity index (χ0) is 25.7. The summed E-state index contributed by atoms with van der Waals surface area (Å²) < 4.78 is 10.2. The highest BCUT2D eigenvalue weighted by atomic mass is 32.2. The highest BCUT2D eigenvalue weighted by Crippen LogP contribution is 2.14. The van der Waals surface area contributed by atoms with Crippen molar-refractivity contribution >= 4 is 29.7 Å². The van der Waals surface area contributed by atoms with Gasteiger partial charge in [-0.15, -0.1) is 0 Å². The summed E-state index contributed by atoms with van der Waals surface area (Å²) in [5.41, 5.74) is 1.43. The Kier molecular flexibility index (Phi) is 11.6. The van der Waals surface area contributed by atoms with Crippen LogP contribution in [0.15, 0.2) is 60.7 Å². The van der Waals surface area contributed by atoms with Crippen LogP contribution in [0.3, 0.4) is 0 Å². The molecule has 8 heteroatoms. The summed E-state index contributed by atoms with van der Waals surface area (Å²) in [6.45, 7) is 5.96. The summed E-state index contributed by atoms with van der Waals surface area (Å²) in [4.78, 5) is 39.6. The predicted octanol–water partition coefficient (Wildman–Crippen LogP) is 4.45. The van der Waals surface area contributed by atoms with Gasteiger partial charge in [0.1, 0.15) is 11.6 Å². The molecule has 7 nitrogen and oxygen atoms in total. The smallest absolute Gasteiger partial charge is 0.408 e. The van der Waals surface area contributed by atoms with E-state index < -0.39 is 17.7 Å². The molecule has 0 aliphatic rings. The van der Waals surface area contributed by atoms with Gasteiger partial charge in [0.2, 0.25) is 5.91 Å². The Labute approximate surface area is 212 Å². The molecule has 0 bridgehead atoms. The SMILES string of the molecule is COC(=O)CCN(CCSCc1ccccc1)C(=O)[C@H](Cc1ccccc1)NC(=O)OC(C)(C)C. The first kappa shape index (κ1) is 28.2. The Bertz CT molecular complexity index is 932. The van der Waals surface area contributed by atoms with Gasteiger partial charge in [-0.05, 0) is 31.9 Å². The van der Waals surface area contributed by atoms with Crippen molar-refractivity contribution in [3.8, 4) is 0 Å². The highest BCUT2D eigenvalue weighted by Gasteiger charge is 2.28. The Morgan fingerprint density at radius 2 is 1.54 bits per heavy atom. The van der Waals surface area contributed by atoms with Crippen molar-refractivity contribution in [1.82, 2.24) is 10.2 Å². The Balaban J connectivity index is 2.12. The van der Waals surface area contributed by atoms with Crippen molar-refractivity contribution in [2.24, 2.45) is 0 Å². The summed E-state index contributed by atoms with van der Waals surface area (Å²) in [5, 5.41) is 2.74. The maximum atomic E-state index is 13.6. The lowest BCUT2D eigenvalue weighted by Crippen LogP contribution is -2.51. The third kappa shape index (κ3) is 11.3. The van der Waals surface area contributed by atoms with Crippen LogP contribution in [0, 0.1) is 0 Å². The number of hydrogen-bond acceptors (Lipinski definition) is 6. The molecule has 1 atom stereocenters. The number of hydrogen-bond donors (Lipinski definition) is 1. The summed E-state index contributed by atoms with van der Waals surface area (Å²) in [5.74, 6) is 0.860. The van der Waals surface area contributed by atoms with E-state index in [-0.39, 0.29) is 24.8 Å².